The van der Waals surface area contributed by atoms with E-state index in [0.717, 1.165) is 38.8 Å². The third-order valence-corrected chi connectivity index (χ3v) is 4.66. The molecule has 1 aliphatic heterocycles. The van der Waals surface area contributed by atoms with Gasteiger partial charge in [0.1, 0.15) is 5.75 Å². The number of nitrogens with one attached hydrogen (secondary N) is 2. The zero-order valence-corrected chi connectivity index (χ0v) is 14.1. The number of carbonyl (C=O) groups excluding carboxylic acids is 2. The fourth-order valence-corrected chi connectivity index (χ4v) is 2.90. The molecule has 130 valence electrons. The number of nitrogens with zero attached hydrogens (tertiary/aromatic N) is 1. The molecule has 3 rings (SSSR count). The van der Waals surface area contributed by atoms with Crippen LogP contribution in [0, 0.1) is 5.92 Å². The van der Waals surface area contributed by atoms with Gasteiger partial charge >= 0.3 is 0 Å². The summed E-state index contributed by atoms with van der Waals surface area (Å²) in [5, 5.41) is 6.18. The number of amides is 2. The third-order valence-electron chi connectivity index (χ3n) is 4.66. The first-order valence-corrected chi connectivity index (χ1v) is 8.63. The van der Waals surface area contributed by atoms with Crippen molar-refractivity contribution in [2.75, 3.05) is 32.1 Å². The maximum atomic E-state index is 12.3. The van der Waals surface area contributed by atoms with E-state index < -0.39 is 0 Å². The molecule has 0 bridgehead atoms. The minimum absolute atomic E-state index is 0.0143. The molecule has 1 heterocycles. The molecule has 1 aromatic rings. The van der Waals surface area contributed by atoms with Crippen LogP contribution in [0.1, 0.15) is 25.7 Å². The molecule has 0 spiro atoms. The molecule has 2 fully saturated rings. The Bertz CT molecular complexity index is 595. The molecule has 0 atom stereocenters. The summed E-state index contributed by atoms with van der Waals surface area (Å²) in [6, 6.07) is 7.49. The van der Waals surface area contributed by atoms with Crippen LogP contribution in [-0.4, -0.2) is 49.5 Å². The quantitative estimate of drug-likeness (QED) is 0.831. The first kappa shape index (κ1) is 16.8. The predicted octanol–water partition coefficient (Wildman–Crippen LogP) is 1.62. The molecule has 1 saturated carbocycles. The Morgan fingerprint density at radius 3 is 2.71 bits per heavy atom. The molecular formula is C18H25N3O3. The molecule has 24 heavy (non-hydrogen) atoms. The van der Waals surface area contributed by atoms with E-state index in [2.05, 4.69) is 10.6 Å². The number of hydrogen-bond donors (Lipinski definition) is 2. The van der Waals surface area contributed by atoms with Gasteiger partial charge in [0.2, 0.25) is 5.91 Å². The highest BCUT2D eigenvalue weighted by Crippen LogP contribution is 2.30. The number of likely N-dealkylation sites (N-methyl/N-ethyl adjacent to an activating group) is 1. The van der Waals surface area contributed by atoms with Crippen molar-refractivity contribution < 1.29 is 14.3 Å². The minimum Gasteiger partial charge on any atom is -0.484 e. The highest BCUT2D eigenvalue weighted by atomic mass is 16.5. The van der Waals surface area contributed by atoms with Gasteiger partial charge in [0, 0.05) is 30.8 Å². The lowest BCUT2D eigenvalue weighted by Crippen LogP contribution is -2.45. The molecule has 1 aromatic carbocycles. The Morgan fingerprint density at radius 2 is 2.00 bits per heavy atom. The number of hydrogen-bond acceptors (Lipinski definition) is 4. The number of benzene rings is 1. The van der Waals surface area contributed by atoms with Crippen LogP contribution in [0.4, 0.5) is 5.69 Å². The molecular weight excluding hydrogens is 306 g/mol. The average Bonchev–Trinajstić information content (AvgIpc) is 3.45. The van der Waals surface area contributed by atoms with Crippen LogP contribution in [0.3, 0.4) is 0 Å². The van der Waals surface area contributed by atoms with E-state index >= 15 is 0 Å². The van der Waals surface area contributed by atoms with Crippen molar-refractivity contribution in [1.29, 1.82) is 0 Å². The van der Waals surface area contributed by atoms with Gasteiger partial charge in [0.05, 0.1) is 0 Å². The molecule has 6 nitrogen and oxygen atoms in total. The Kier molecular flexibility index (Phi) is 5.35. The maximum absolute atomic E-state index is 12.3. The molecule has 2 N–H and O–H groups in total. The van der Waals surface area contributed by atoms with Gasteiger partial charge in [-0.25, -0.2) is 0 Å². The first-order chi connectivity index (χ1) is 11.6. The van der Waals surface area contributed by atoms with Crippen molar-refractivity contribution >= 4 is 17.5 Å². The van der Waals surface area contributed by atoms with E-state index in [1.54, 1.807) is 17.0 Å². The van der Waals surface area contributed by atoms with Crippen molar-refractivity contribution in [2.24, 2.45) is 5.92 Å². The van der Waals surface area contributed by atoms with Crippen LogP contribution in [0.5, 0.6) is 5.75 Å². The minimum atomic E-state index is -0.0191. The van der Waals surface area contributed by atoms with Gasteiger partial charge in [-0.1, -0.05) is 6.07 Å². The van der Waals surface area contributed by atoms with Gasteiger partial charge in [0.25, 0.3) is 5.91 Å². The van der Waals surface area contributed by atoms with Crippen molar-refractivity contribution in [2.45, 2.75) is 31.7 Å². The fraction of sp³-hybridized carbons (Fsp3) is 0.556. The van der Waals surface area contributed by atoms with Gasteiger partial charge in [-0.3, -0.25) is 9.59 Å². The van der Waals surface area contributed by atoms with Gasteiger partial charge in [-0.05, 0) is 50.9 Å². The Balaban J connectivity index is 1.50. The smallest absolute Gasteiger partial charge is 0.260 e. The fourth-order valence-electron chi connectivity index (χ4n) is 2.90. The summed E-state index contributed by atoms with van der Waals surface area (Å²) < 4.78 is 5.62. The lowest BCUT2D eigenvalue weighted by Gasteiger charge is -2.31. The second-order valence-electron chi connectivity index (χ2n) is 6.57. The van der Waals surface area contributed by atoms with E-state index in [1.807, 2.05) is 19.2 Å². The second-order valence-corrected chi connectivity index (χ2v) is 6.57. The second kappa shape index (κ2) is 7.66. The summed E-state index contributed by atoms with van der Waals surface area (Å²) in [5.74, 6) is 0.800. The number of ether oxygens (including phenoxy) is 1. The van der Waals surface area contributed by atoms with Crippen LogP contribution in [0.2, 0.25) is 0 Å². The van der Waals surface area contributed by atoms with Crippen LogP contribution >= 0.6 is 0 Å². The molecule has 0 unspecified atom stereocenters. The number of anilines is 1. The van der Waals surface area contributed by atoms with Crippen molar-refractivity contribution in [3.05, 3.63) is 24.3 Å². The lowest BCUT2D eigenvalue weighted by atomic mass is 10.1. The number of carbonyl (C=O) groups is 2. The summed E-state index contributed by atoms with van der Waals surface area (Å²) in [4.78, 5) is 25.9. The average molecular weight is 331 g/mol. The van der Waals surface area contributed by atoms with Crippen molar-refractivity contribution in [1.82, 2.24) is 10.2 Å². The maximum Gasteiger partial charge on any atom is 0.260 e. The zero-order valence-electron chi connectivity index (χ0n) is 14.1. The summed E-state index contributed by atoms with van der Waals surface area (Å²) in [6.07, 6.45) is 3.90. The highest BCUT2D eigenvalue weighted by Gasteiger charge is 2.29. The summed E-state index contributed by atoms with van der Waals surface area (Å²) in [7, 11) is 1.84. The van der Waals surface area contributed by atoms with E-state index in [4.69, 9.17) is 4.74 Å². The molecule has 0 aromatic heterocycles. The van der Waals surface area contributed by atoms with Gasteiger partial charge in [-0.15, -0.1) is 0 Å². The Labute approximate surface area is 142 Å². The molecule has 0 radical (unpaired) electrons. The van der Waals surface area contributed by atoms with E-state index in [1.165, 1.54) is 0 Å². The van der Waals surface area contributed by atoms with E-state index in [-0.39, 0.29) is 30.4 Å². The van der Waals surface area contributed by atoms with Crippen molar-refractivity contribution in [3.63, 3.8) is 0 Å². The van der Waals surface area contributed by atoms with E-state index in [9.17, 15) is 9.59 Å². The zero-order chi connectivity index (χ0) is 16.9. The molecule has 1 aliphatic carbocycles. The molecule has 2 aliphatic rings. The molecule has 1 saturated heterocycles. The number of piperidine rings is 1. The van der Waals surface area contributed by atoms with Crippen LogP contribution in [0.25, 0.3) is 0 Å². The normalized spacial score (nSPS) is 18.0. The Morgan fingerprint density at radius 1 is 1.25 bits per heavy atom. The molecule has 2 amide bonds. The summed E-state index contributed by atoms with van der Waals surface area (Å²) in [5.41, 5.74) is 0.712. The topological polar surface area (TPSA) is 70.7 Å². The summed E-state index contributed by atoms with van der Waals surface area (Å²) in [6.45, 7) is 1.91. The van der Waals surface area contributed by atoms with Crippen LogP contribution in [-0.2, 0) is 9.59 Å². The van der Waals surface area contributed by atoms with Gasteiger partial charge < -0.3 is 20.3 Å². The highest BCUT2D eigenvalue weighted by molar-refractivity contribution is 5.94. The third kappa shape index (κ3) is 4.47. The van der Waals surface area contributed by atoms with Crippen molar-refractivity contribution in [3.8, 4) is 5.75 Å². The predicted molar refractivity (Wildman–Crippen MR) is 92.0 cm³/mol. The first-order valence-electron chi connectivity index (χ1n) is 8.63. The monoisotopic (exact) mass is 331 g/mol. The van der Waals surface area contributed by atoms with E-state index in [0.29, 0.717) is 11.4 Å². The largest absolute Gasteiger partial charge is 0.484 e. The SMILES string of the molecule is CN(C(=O)COc1cccc(NC(=O)C2CC2)c1)C1CCNCC1. The molecule has 6 heteroatoms. The van der Waals surface area contributed by atoms with Gasteiger partial charge in [0.15, 0.2) is 6.61 Å². The van der Waals surface area contributed by atoms with Gasteiger partial charge in [-0.2, -0.15) is 0 Å². The Hall–Kier alpha value is -2.08. The lowest BCUT2D eigenvalue weighted by molar-refractivity contribution is -0.134. The van der Waals surface area contributed by atoms with Crippen LogP contribution < -0.4 is 15.4 Å². The standard InChI is InChI=1S/C18H25N3O3/c1-21(15-7-9-19-10-8-15)17(22)12-24-16-4-2-3-14(11-16)20-18(23)13-5-6-13/h2-4,11,13,15,19H,5-10,12H2,1H3,(H,20,23). The number of rotatable bonds is 6. The van der Waals surface area contributed by atoms with Crippen LogP contribution in [0.15, 0.2) is 24.3 Å². The summed E-state index contributed by atoms with van der Waals surface area (Å²) >= 11 is 0.